The van der Waals surface area contributed by atoms with Crippen LogP contribution in [0.15, 0.2) is 28.8 Å². The van der Waals surface area contributed by atoms with Crippen LogP contribution in [0.4, 0.5) is 4.79 Å². The number of hydrogen-bond acceptors (Lipinski definition) is 4. The van der Waals surface area contributed by atoms with E-state index >= 15 is 0 Å². The average molecular weight is 280 g/mol. The molecule has 2 rings (SSSR count). The van der Waals surface area contributed by atoms with Crippen LogP contribution in [0, 0.1) is 0 Å². The Morgan fingerprint density at radius 2 is 2.32 bits per heavy atom. The quantitative estimate of drug-likeness (QED) is 0.832. The van der Waals surface area contributed by atoms with Gasteiger partial charge in [-0.05, 0) is 24.8 Å². The van der Waals surface area contributed by atoms with E-state index in [0.29, 0.717) is 17.9 Å². The molecule has 102 valence electrons. The van der Waals surface area contributed by atoms with Crippen molar-refractivity contribution in [2.45, 2.75) is 26.3 Å². The fourth-order valence-corrected chi connectivity index (χ4v) is 2.69. The molecule has 0 radical (unpaired) electrons. The van der Waals surface area contributed by atoms with Crippen molar-refractivity contribution in [3.8, 4) is 0 Å². The fraction of sp³-hybridized carbons (Fsp3) is 0.385. The van der Waals surface area contributed by atoms with Crippen LogP contribution in [0.5, 0.6) is 0 Å². The second-order valence-electron chi connectivity index (χ2n) is 4.22. The third-order valence-corrected chi connectivity index (χ3v) is 3.69. The van der Waals surface area contributed by atoms with Gasteiger partial charge in [-0.3, -0.25) is 0 Å². The molecule has 2 N–H and O–H groups in total. The van der Waals surface area contributed by atoms with Crippen LogP contribution in [0.25, 0.3) is 0 Å². The van der Waals surface area contributed by atoms with E-state index in [1.807, 2.05) is 24.4 Å². The number of esters is 1. The van der Waals surface area contributed by atoms with E-state index in [1.54, 1.807) is 6.92 Å². The lowest BCUT2D eigenvalue weighted by Crippen LogP contribution is -2.45. The van der Waals surface area contributed by atoms with E-state index in [-0.39, 0.29) is 12.0 Å². The maximum Gasteiger partial charge on any atom is 0.338 e. The van der Waals surface area contributed by atoms with Crippen molar-refractivity contribution in [3.05, 3.63) is 33.7 Å². The van der Waals surface area contributed by atoms with Crippen LogP contribution in [0.3, 0.4) is 0 Å². The highest BCUT2D eigenvalue weighted by molar-refractivity contribution is 7.10. The van der Waals surface area contributed by atoms with Crippen LogP contribution in [0.1, 0.15) is 31.2 Å². The van der Waals surface area contributed by atoms with Gasteiger partial charge in [0.1, 0.15) is 0 Å². The van der Waals surface area contributed by atoms with E-state index in [4.69, 9.17) is 4.74 Å². The molecule has 1 atom stereocenters. The van der Waals surface area contributed by atoms with E-state index in [1.165, 1.54) is 11.3 Å². The highest BCUT2D eigenvalue weighted by Crippen LogP contribution is 2.30. The van der Waals surface area contributed by atoms with E-state index in [9.17, 15) is 9.59 Å². The maximum atomic E-state index is 12.1. The predicted molar refractivity (Wildman–Crippen MR) is 72.7 cm³/mol. The lowest BCUT2D eigenvalue weighted by molar-refractivity contribution is -0.139. The zero-order valence-corrected chi connectivity index (χ0v) is 11.7. The SMILES string of the molecule is CCCOC(=O)C1=C(C)NC(=O)N[C@H]1c1cccs1. The Bertz CT molecular complexity index is 508. The van der Waals surface area contributed by atoms with Crippen molar-refractivity contribution in [1.29, 1.82) is 0 Å². The molecule has 1 aromatic heterocycles. The molecule has 0 saturated carbocycles. The smallest absolute Gasteiger partial charge is 0.338 e. The number of nitrogens with one attached hydrogen (secondary N) is 2. The first-order valence-electron chi connectivity index (χ1n) is 6.12. The summed E-state index contributed by atoms with van der Waals surface area (Å²) in [6.07, 6.45) is 0.765. The molecule has 0 bridgehead atoms. The standard InChI is InChI=1S/C13H16N2O3S/c1-3-6-18-12(16)10-8(2)14-13(17)15-11(10)9-5-4-7-19-9/h4-5,7,11H,3,6H2,1-2H3,(H2,14,15,17)/t11-/m0/s1. The molecule has 2 amide bonds. The van der Waals surface area contributed by atoms with Gasteiger partial charge in [-0.25, -0.2) is 9.59 Å². The summed E-state index contributed by atoms with van der Waals surface area (Å²) in [5.41, 5.74) is 1.01. The number of allylic oxidation sites excluding steroid dienone is 1. The second kappa shape index (κ2) is 5.88. The number of urea groups is 1. The maximum absolute atomic E-state index is 12.1. The predicted octanol–water partition coefficient (Wildman–Crippen LogP) is 2.33. The Balaban J connectivity index is 2.31. The van der Waals surface area contributed by atoms with Gasteiger partial charge in [0, 0.05) is 10.6 Å². The first-order valence-corrected chi connectivity index (χ1v) is 7.00. The number of thiophene rings is 1. The fourth-order valence-electron chi connectivity index (χ4n) is 1.91. The average Bonchev–Trinajstić information content (AvgIpc) is 2.88. The molecule has 0 aliphatic carbocycles. The molecule has 0 saturated heterocycles. The van der Waals surface area contributed by atoms with E-state index in [0.717, 1.165) is 11.3 Å². The van der Waals surface area contributed by atoms with Crippen molar-refractivity contribution in [2.24, 2.45) is 0 Å². The first-order chi connectivity index (χ1) is 9.13. The largest absolute Gasteiger partial charge is 0.462 e. The number of rotatable bonds is 4. The molecule has 19 heavy (non-hydrogen) atoms. The molecule has 1 aliphatic heterocycles. The van der Waals surface area contributed by atoms with Gasteiger partial charge in [0.15, 0.2) is 0 Å². The van der Waals surface area contributed by atoms with Crippen LogP contribution >= 0.6 is 11.3 Å². The molecule has 1 aliphatic rings. The van der Waals surface area contributed by atoms with Crippen molar-refractivity contribution >= 4 is 23.3 Å². The van der Waals surface area contributed by atoms with Gasteiger partial charge < -0.3 is 15.4 Å². The number of carbonyl (C=O) groups is 2. The van der Waals surface area contributed by atoms with Crippen LogP contribution in [0.2, 0.25) is 0 Å². The van der Waals surface area contributed by atoms with Gasteiger partial charge in [0.05, 0.1) is 18.2 Å². The Labute approximate surface area is 115 Å². The zero-order chi connectivity index (χ0) is 13.8. The van der Waals surface area contributed by atoms with Gasteiger partial charge in [-0.15, -0.1) is 11.3 Å². The van der Waals surface area contributed by atoms with E-state index in [2.05, 4.69) is 10.6 Å². The monoisotopic (exact) mass is 280 g/mol. The van der Waals surface area contributed by atoms with Crippen molar-refractivity contribution in [3.63, 3.8) is 0 Å². The summed E-state index contributed by atoms with van der Waals surface area (Å²) in [5.74, 6) is -0.384. The lowest BCUT2D eigenvalue weighted by Gasteiger charge is -2.27. The molecule has 1 aromatic rings. The number of carbonyl (C=O) groups excluding carboxylic acids is 2. The van der Waals surface area contributed by atoms with Crippen LogP contribution < -0.4 is 10.6 Å². The summed E-state index contributed by atoms with van der Waals surface area (Å²) in [6, 6.07) is 3.04. The lowest BCUT2D eigenvalue weighted by atomic mass is 10.0. The number of amides is 2. The third-order valence-electron chi connectivity index (χ3n) is 2.75. The van der Waals surface area contributed by atoms with Crippen LogP contribution in [-0.4, -0.2) is 18.6 Å². The third kappa shape index (κ3) is 2.96. The number of hydrogen-bond donors (Lipinski definition) is 2. The highest BCUT2D eigenvalue weighted by atomic mass is 32.1. The molecule has 0 spiro atoms. The summed E-state index contributed by atoms with van der Waals surface area (Å²) >= 11 is 1.49. The topological polar surface area (TPSA) is 67.4 Å². The zero-order valence-electron chi connectivity index (χ0n) is 10.9. The second-order valence-corrected chi connectivity index (χ2v) is 5.20. The number of ether oxygens (including phenoxy) is 1. The van der Waals surface area contributed by atoms with Crippen molar-refractivity contribution < 1.29 is 14.3 Å². The molecular weight excluding hydrogens is 264 g/mol. The molecule has 0 unspecified atom stereocenters. The van der Waals surface area contributed by atoms with Crippen molar-refractivity contribution in [1.82, 2.24) is 10.6 Å². The van der Waals surface area contributed by atoms with Crippen molar-refractivity contribution in [2.75, 3.05) is 6.61 Å². The van der Waals surface area contributed by atoms with Gasteiger partial charge >= 0.3 is 12.0 Å². The molecule has 0 fully saturated rings. The summed E-state index contributed by atoms with van der Waals surface area (Å²) in [6.45, 7) is 4.02. The molecule has 5 nitrogen and oxygen atoms in total. The van der Waals surface area contributed by atoms with Gasteiger partial charge in [0.25, 0.3) is 0 Å². The summed E-state index contributed by atoms with van der Waals surface area (Å²) in [7, 11) is 0. The molecular formula is C13H16N2O3S. The molecule has 2 heterocycles. The minimum absolute atomic E-state index is 0.303. The Morgan fingerprint density at radius 3 is 2.95 bits per heavy atom. The minimum Gasteiger partial charge on any atom is -0.462 e. The molecule has 6 heteroatoms. The summed E-state index contributed by atoms with van der Waals surface area (Å²) < 4.78 is 5.18. The van der Waals surface area contributed by atoms with Gasteiger partial charge in [-0.2, -0.15) is 0 Å². The molecule has 0 aromatic carbocycles. The van der Waals surface area contributed by atoms with Gasteiger partial charge in [-0.1, -0.05) is 13.0 Å². The van der Waals surface area contributed by atoms with E-state index < -0.39 is 6.04 Å². The first kappa shape index (κ1) is 13.6. The summed E-state index contributed by atoms with van der Waals surface area (Å²) in [4.78, 5) is 24.6. The summed E-state index contributed by atoms with van der Waals surface area (Å²) in [5, 5.41) is 7.28. The van der Waals surface area contributed by atoms with Crippen LogP contribution in [-0.2, 0) is 9.53 Å². The Morgan fingerprint density at radius 1 is 1.53 bits per heavy atom. The Kier molecular flexibility index (Phi) is 4.21. The highest BCUT2D eigenvalue weighted by Gasteiger charge is 2.32. The Hall–Kier alpha value is -1.82. The normalized spacial score (nSPS) is 18.8. The minimum atomic E-state index is -0.432. The van der Waals surface area contributed by atoms with Gasteiger partial charge in [0.2, 0.25) is 0 Å².